The molecule has 3 rings (SSSR count). The number of rotatable bonds is 6. The normalized spacial score (nSPS) is 14.8. The zero-order valence-electron chi connectivity index (χ0n) is 11.5. The maximum atomic E-state index is 5.92. The summed E-state index contributed by atoms with van der Waals surface area (Å²) in [5, 5.41) is 3.48. The second-order valence-corrected chi connectivity index (χ2v) is 5.37. The van der Waals surface area contributed by atoms with Gasteiger partial charge >= 0.3 is 0 Å². The molecule has 1 saturated carbocycles. The fourth-order valence-electron chi connectivity index (χ4n) is 2.33. The molecule has 0 amide bonds. The third kappa shape index (κ3) is 3.27. The highest BCUT2D eigenvalue weighted by atomic mass is 16.3. The van der Waals surface area contributed by atoms with Gasteiger partial charge in [0.05, 0.1) is 6.54 Å². The van der Waals surface area contributed by atoms with E-state index in [1.54, 1.807) is 0 Å². The average molecular weight is 255 g/mol. The Hall–Kier alpha value is -1.54. The van der Waals surface area contributed by atoms with E-state index in [1.807, 2.05) is 0 Å². The second kappa shape index (κ2) is 5.62. The molecule has 19 heavy (non-hydrogen) atoms. The van der Waals surface area contributed by atoms with Gasteiger partial charge in [0.25, 0.3) is 0 Å². The number of nitrogens with one attached hydrogen (secondary N) is 1. The van der Waals surface area contributed by atoms with Gasteiger partial charge in [-0.1, -0.05) is 31.5 Å². The maximum Gasteiger partial charge on any atom is 0.134 e. The predicted octanol–water partition coefficient (Wildman–Crippen LogP) is 4.15. The molecule has 1 N–H and O–H groups in total. The van der Waals surface area contributed by atoms with Crippen LogP contribution in [0.1, 0.15) is 37.5 Å². The summed E-state index contributed by atoms with van der Waals surface area (Å²) in [4.78, 5) is 0. The lowest BCUT2D eigenvalue weighted by Crippen LogP contribution is -2.14. The van der Waals surface area contributed by atoms with Crippen molar-refractivity contribution in [2.24, 2.45) is 0 Å². The van der Waals surface area contributed by atoms with E-state index < -0.39 is 0 Å². The molecule has 1 aliphatic rings. The molecule has 0 saturated heterocycles. The van der Waals surface area contributed by atoms with Gasteiger partial charge in [-0.05, 0) is 43.0 Å². The zero-order valence-corrected chi connectivity index (χ0v) is 11.5. The Morgan fingerprint density at radius 3 is 2.89 bits per heavy atom. The largest absolute Gasteiger partial charge is 0.460 e. The van der Waals surface area contributed by atoms with Crippen molar-refractivity contribution in [3.05, 3.63) is 47.7 Å². The van der Waals surface area contributed by atoms with Gasteiger partial charge in [0.2, 0.25) is 0 Å². The number of hydrogen-bond acceptors (Lipinski definition) is 2. The molecule has 1 aromatic heterocycles. The molecule has 0 bridgehead atoms. The summed E-state index contributed by atoms with van der Waals surface area (Å²) in [5.41, 5.74) is 2.57. The molecule has 0 radical (unpaired) electrons. The highest BCUT2D eigenvalue weighted by Gasteiger charge is 2.20. The van der Waals surface area contributed by atoms with Crippen molar-refractivity contribution in [3.63, 3.8) is 0 Å². The lowest BCUT2D eigenvalue weighted by molar-refractivity contribution is 0.492. The minimum atomic E-state index is 0.724. The van der Waals surface area contributed by atoms with Crippen molar-refractivity contribution in [1.82, 2.24) is 5.32 Å². The number of benzene rings is 1. The van der Waals surface area contributed by atoms with Crippen molar-refractivity contribution in [3.8, 4) is 11.3 Å². The van der Waals surface area contributed by atoms with Gasteiger partial charge in [-0.15, -0.1) is 0 Å². The van der Waals surface area contributed by atoms with Crippen LogP contribution >= 0.6 is 0 Å². The first-order valence-corrected chi connectivity index (χ1v) is 7.26. The molecule has 2 aromatic rings. The molecule has 1 fully saturated rings. The van der Waals surface area contributed by atoms with Crippen LogP contribution in [0.3, 0.4) is 0 Å². The fraction of sp³-hybridized carbons (Fsp3) is 0.412. The first-order valence-electron chi connectivity index (χ1n) is 7.26. The van der Waals surface area contributed by atoms with Crippen LogP contribution in [0.4, 0.5) is 0 Å². The van der Waals surface area contributed by atoms with Crippen LogP contribution in [-0.4, -0.2) is 6.04 Å². The summed E-state index contributed by atoms with van der Waals surface area (Å²) in [6.45, 7) is 3.06. The average Bonchev–Trinajstić information content (AvgIpc) is 3.14. The summed E-state index contributed by atoms with van der Waals surface area (Å²) >= 11 is 0. The van der Waals surface area contributed by atoms with E-state index in [1.165, 1.54) is 30.4 Å². The SMILES string of the molecule is CCCc1cccc(-c2ccc(CNC3CC3)o2)c1. The van der Waals surface area contributed by atoms with E-state index in [9.17, 15) is 0 Å². The first-order chi connectivity index (χ1) is 9.35. The van der Waals surface area contributed by atoms with Gasteiger partial charge in [-0.25, -0.2) is 0 Å². The molecule has 1 heterocycles. The van der Waals surface area contributed by atoms with Crippen LogP contribution in [-0.2, 0) is 13.0 Å². The molecule has 1 aliphatic carbocycles. The quantitative estimate of drug-likeness (QED) is 0.838. The predicted molar refractivity (Wildman–Crippen MR) is 78.0 cm³/mol. The van der Waals surface area contributed by atoms with Crippen LogP contribution in [0, 0.1) is 0 Å². The van der Waals surface area contributed by atoms with Crippen molar-refractivity contribution in [2.75, 3.05) is 0 Å². The van der Waals surface area contributed by atoms with Crippen molar-refractivity contribution in [2.45, 2.75) is 45.2 Å². The van der Waals surface area contributed by atoms with Crippen LogP contribution < -0.4 is 5.32 Å². The van der Waals surface area contributed by atoms with E-state index in [-0.39, 0.29) is 0 Å². The lowest BCUT2D eigenvalue weighted by atomic mass is 10.1. The Kier molecular flexibility index (Phi) is 3.69. The smallest absolute Gasteiger partial charge is 0.134 e. The minimum absolute atomic E-state index is 0.724. The van der Waals surface area contributed by atoms with Crippen LogP contribution in [0.5, 0.6) is 0 Å². The van der Waals surface area contributed by atoms with E-state index in [4.69, 9.17) is 4.42 Å². The first kappa shape index (κ1) is 12.5. The van der Waals surface area contributed by atoms with Gasteiger partial charge < -0.3 is 9.73 Å². The Balaban J connectivity index is 1.71. The monoisotopic (exact) mass is 255 g/mol. The minimum Gasteiger partial charge on any atom is -0.460 e. The second-order valence-electron chi connectivity index (χ2n) is 5.37. The van der Waals surface area contributed by atoms with E-state index >= 15 is 0 Å². The highest BCUT2D eigenvalue weighted by molar-refractivity contribution is 5.58. The summed E-state index contributed by atoms with van der Waals surface area (Å²) in [6, 6.07) is 13.5. The summed E-state index contributed by atoms with van der Waals surface area (Å²) in [5.74, 6) is 2.01. The number of aryl methyl sites for hydroxylation is 1. The van der Waals surface area contributed by atoms with Gasteiger partial charge in [0.15, 0.2) is 0 Å². The fourth-order valence-corrected chi connectivity index (χ4v) is 2.33. The third-order valence-corrected chi connectivity index (χ3v) is 3.55. The molecule has 0 unspecified atom stereocenters. The summed E-state index contributed by atoms with van der Waals surface area (Å²) in [6.07, 6.45) is 4.93. The van der Waals surface area contributed by atoms with Crippen LogP contribution in [0.2, 0.25) is 0 Å². The number of furan rings is 1. The lowest BCUT2D eigenvalue weighted by Gasteiger charge is -2.02. The van der Waals surface area contributed by atoms with Gasteiger partial charge in [0, 0.05) is 11.6 Å². The van der Waals surface area contributed by atoms with Crippen molar-refractivity contribution >= 4 is 0 Å². The van der Waals surface area contributed by atoms with E-state index in [0.29, 0.717) is 0 Å². The van der Waals surface area contributed by atoms with Gasteiger partial charge in [-0.3, -0.25) is 0 Å². The molecule has 0 atom stereocenters. The summed E-state index contributed by atoms with van der Waals surface area (Å²) in [7, 11) is 0. The highest BCUT2D eigenvalue weighted by Crippen LogP contribution is 2.24. The zero-order chi connectivity index (χ0) is 13.1. The maximum absolute atomic E-state index is 5.92. The van der Waals surface area contributed by atoms with Crippen LogP contribution in [0.15, 0.2) is 40.8 Å². The molecular formula is C17H21NO. The number of hydrogen-bond donors (Lipinski definition) is 1. The molecule has 2 nitrogen and oxygen atoms in total. The topological polar surface area (TPSA) is 25.2 Å². The van der Waals surface area contributed by atoms with Crippen molar-refractivity contribution < 1.29 is 4.42 Å². The van der Waals surface area contributed by atoms with Crippen molar-refractivity contribution in [1.29, 1.82) is 0 Å². The molecule has 1 aromatic carbocycles. The van der Waals surface area contributed by atoms with E-state index in [2.05, 4.69) is 48.6 Å². The third-order valence-electron chi connectivity index (χ3n) is 3.55. The Bertz CT molecular complexity index is 540. The molecular weight excluding hydrogens is 234 g/mol. The summed E-state index contributed by atoms with van der Waals surface area (Å²) < 4.78 is 5.92. The van der Waals surface area contributed by atoms with E-state index in [0.717, 1.165) is 30.5 Å². The Labute approximate surface area is 114 Å². The molecule has 0 spiro atoms. The standard InChI is InChI=1S/C17H21NO/c1-2-4-13-5-3-6-14(11-13)17-10-9-16(19-17)12-18-15-7-8-15/h3,5-6,9-11,15,18H,2,4,7-8,12H2,1H3. The Morgan fingerprint density at radius 1 is 1.21 bits per heavy atom. The molecule has 2 heteroatoms. The molecule has 100 valence electrons. The Morgan fingerprint density at radius 2 is 2.11 bits per heavy atom. The van der Waals surface area contributed by atoms with Gasteiger partial charge in [0.1, 0.15) is 11.5 Å². The molecule has 0 aliphatic heterocycles. The van der Waals surface area contributed by atoms with Crippen LogP contribution in [0.25, 0.3) is 11.3 Å². The van der Waals surface area contributed by atoms with Gasteiger partial charge in [-0.2, -0.15) is 0 Å².